The van der Waals surface area contributed by atoms with Crippen molar-refractivity contribution >= 4 is 22.5 Å². The summed E-state index contributed by atoms with van der Waals surface area (Å²) in [5.74, 6) is 0. The minimum Gasteiger partial charge on any atom is -0.324 e. The maximum atomic E-state index is 10.9. The molecule has 14 heavy (non-hydrogen) atoms. The van der Waals surface area contributed by atoms with Gasteiger partial charge in [-0.15, -0.1) is 0 Å². The molecule has 0 amide bonds. The van der Waals surface area contributed by atoms with Crippen LogP contribution in [0.2, 0.25) is 0 Å². The van der Waals surface area contributed by atoms with Crippen molar-refractivity contribution in [3.63, 3.8) is 0 Å². The maximum absolute atomic E-state index is 10.9. The van der Waals surface area contributed by atoms with E-state index in [1.165, 1.54) is 0 Å². The van der Waals surface area contributed by atoms with Crippen LogP contribution in [0.5, 0.6) is 0 Å². The SMILES string of the molecule is C[P+](C)(C)CC(P(=O)(O)O)P(=O)(O)O. The molecule has 0 aromatic carbocycles. The lowest BCUT2D eigenvalue weighted by atomic mass is 10.9. The third-order valence-electron chi connectivity index (χ3n) is 1.49. The van der Waals surface area contributed by atoms with Crippen molar-refractivity contribution in [3.05, 3.63) is 0 Å². The fraction of sp³-hybridized carbons (Fsp3) is 1.00. The minimum absolute atomic E-state index is 0.110. The highest BCUT2D eigenvalue weighted by molar-refractivity contribution is 7.77. The molecule has 0 aromatic heterocycles. The van der Waals surface area contributed by atoms with Gasteiger partial charge in [0.15, 0.2) is 5.40 Å². The van der Waals surface area contributed by atoms with Crippen LogP contribution in [0, 0.1) is 0 Å². The summed E-state index contributed by atoms with van der Waals surface area (Å²) in [4.78, 5) is 35.3. The van der Waals surface area contributed by atoms with Gasteiger partial charge in [-0.05, 0) is 0 Å². The predicted octanol–water partition coefficient (Wildman–Crippen LogP) is 0.575. The van der Waals surface area contributed by atoms with Crippen LogP contribution in [-0.4, -0.2) is 51.1 Å². The van der Waals surface area contributed by atoms with Crippen molar-refractivity contribution in [2.24, 2.45) is 0 Å². The predicted molar refractivity (Wildman–Crippen MR) is 57.4 cm³/mol. The molecule has 4 N–H and O–H groups in total. The highest BCUT2D eigenvalue weighted by Crippen LogP contribution is 2.65. The molecule has 0 aliphatic carbocycles. The van der Waals surface area contributed by atoms with Crippen molar-refractivity contribution in [2.45, 2.75) is 5.40 Å². The molecule has 0 aliphatic heterocycles. The van der Waals surface area contributed by atoms with Gasteiger partial charge in [-0.1, -0.05) is 0 Å². The van der Waals surface area contributed by atoms with E-state index < -0.39 is 27.9 Å². The Kier molecular flexibility index (Phi) is 4.53. The lowest BCUT2D eigenvalue weighted by Crippen LogP contribution is -2.16. The first-order chi connectivity index (χ1) is 5.84. The molecule has 0 atom stereocenters. The zero-order valence-corrected chi connectivity index (χ0v) is 10.9. The topological polar surface area (TPSA) is 115 Å². The van der Waals surface area contributed by atoms with E-state index in [0.717, 1.165) is 0 Å². The first-order valence-electron chi connectivity index (χ1n) is 3.75. The number of hydrogen-bond donors (Lipinski definition) is 4. The van der Waals surface area contributed by atoms with E-state index in [2.05, 4.69) is 0 Å². The Morgan fingerprint density at radius 3 is 1.36 bits per heavy atom. The maximum Gasteiger partial charge on any atom is 0.344 e. The van der Waals surface area contributed by atoms with Crippen LogP contribution in [0.3, 0.4) is 0 Å². The summed E-state index contributed by atoms with van der Waals surface area (Å²) in [5.41, 5.74) is 0. The van der Waals surface area contributed by atoms with Crippen LogP contribution in [0.4, 0.5) is 0 Å². The molecule has 0 bridgehead atoms. The van der Waals surface area contributed by atoms with Crippen molar-refractivity contribution < 1.29 is 28.7 Å². The van der Waals surface area contributed by atoms with E-state index >= 15 is 0 Å². The van der Waals surface area contributed by atoms with Gasteiger partial charge in [0.2, 0.25) is 0 Å². The zero-order valence-electron chi connectivity index (χ0n) is 8.23. The third-order valence-corrected chi connectivity index (χ3v) is 7.25. The molecule has 0 aliphatic rings. The van der Waals surface area contributed by atoms with Gasteiger partial charge in [0.05, 0.1) is 6.16 Å². The summed E-state index contributed by atoms with van der Waals surface area (Å²) in [7, 11) is -11.1. The molecular formula is C5H16O6P3+. The van der Waals surface area contributed by atoms with E-state index in [-0.39, 0.29) is 6.16 Å². The van der Waals surface area contributed by atoms with Gasteiger partial charge in [0, 0.05) is 27.3 Å². The fourth-order valence-electron chi connectivity index (χ4n) is 0.899. The van der Waals surface area contributed by atoms with Crippen LogP contribution >= 0.6 is 22.5 Å². The fourth-order valence-corrected chi connectivity index (χ4v) is 8.09. The monoisotopic (exact) mass is 265 g/mol. The molecule has 86 valence electrons. The van der Waals surface area contributed by atoms with Crippen molar-refractivity contribution in [2.75, 3.05) is 26.2 Å². The standard InChI is InChI=1S/C5H15O6P3/c1-12(2,3)4-5(13(6,7)8)14(9,10)11/h5H,4H2,1-3H3,(H3-,6,7,8,9,10,11)/p+1. The van der Waals surface area contributed by atoms with E-state index in [1.54, 1.807) is 20.0 Å². The molecule has 6 nitrogen and oxygen atoms in total. The molecule has 0 radical (unpaired) electrons. The molecule has 0 unspecified atom stereocenters. The average Bonchev–Trinajstić information content (AvgIpc) is 1.75. The van der Waals surface area contributed by atoms with Crippen LogP contribution < -0.4 is 0 Å². The van der Waals surface area contributed by atoms with E-state index in [1.807, 2.05) is 0 Å². The van der Waals surface area contributed by atoms with Crippen molar-refractivity contribution in [1.82, 2.24) is 0 Å². The van der Waals surface area contributed by atoms with Crippen molar-refractivity contribution in [3.8, 4) is 0 Å². The Bertz CT molecular complexity index is 260. The largest absolute Gasteiger partial charge is 0.344 e. The highest BCUT2D eigenvalue weighted by atomic mass is 31.2. The Labute approximate surface area is 83.4 Å². The minimum atomic E-state index is -4.73. The second-order valence-electron chi connectivity index (χ2n) is 4.13. The second-order valence-corrected chi connectivity index (χ2v) is 13.1. The molecule has 0 saturated heterocycles. The van der Waals surface area contributed by atoms with Gasteiger partial charge < -0.3 is 19.6 Å². The van der Waals surface area contributed by atoms with Crippen molar-refractivity contribution in [1.29, 1.82) is 0 Å². The Morgan fingerprint density at radius 2 is 1.29 bits per heavy atom. The molecule has 0 rings (SSSR count). The van der Waals surface area contributed by atoms with E-state index in [4.69, 9.17) is 19.6 Å². The summed E-state index contributed by atoms with van der Waals surface area (Å²) >= 11 is 0. The molecule has 0 saturated carbocycles. The van der Waals surface area contributed by atoms with Crippen LogP contribution in [-0.2, 0) is 9.13 Å². The lowest BCUT2D eigenvalue weighted by Gasteiger charge is -2.22. The van der Waals surface area contributed by atoms with Gasteiger partial charge in [-0.3, -0.25) is 9.13 Å². The first kappa shape index (κ1) is 14.7. The molecule has 9 heteroatoms. The molecule has 0 aromatic rings. The molecule has 0 fully saturated rings. The Morgan fingerprint density at radius 1 is 1.00 bits per heavy atom. The molecular weight excluding hydrogens is 249 g/mol. The summed E-state index contributed by atoms with van der Waals surface area (Å²) in [6.07, 6.45) is -0.110. The van der Waals surface area contributed by atoms with Gasteiger partial charge >= 0.3 is 15.2 Å². The highest BCUT2D eigenvalue weighted by Gasteiger charge is 2.47. The van der Waals surface area contributed by atoms with Gasteiger partial charge in [0.25, 0.3) is 0 Å². The van der Waals surface area contributed by atoms with Gasteiger partial charge in [0.1, 0.15) is 0 Å². The molecule has 0 heterocycles. The zero-order chi connectivity index (χ0) is 11.8. The van der Waals surface area contributed by atoms with Gasteiger partial charge in [-0.2, -0.15) is 0 Å². The molecule has 0 spiro atoms. The third kappa shape index (κ3) is 5.57. The number of rotatable bonds is 4. The van der Waals surface area contributed by atoms with Gasteiger partial charge in [-0.25, -0.2) is 0 Å². The quantitative estimate of drug-likeness (QED) is 0.552. The second kappa shape index (κ2) is 4.31. The number of hydrogen-bond acceptors (Lipinski definition) is 2. The summed E-state index contributed by atoms with van der Waals surface area (Å²) < 4.78 is 21.8. The normalized spacial score (nSPS) is 14.9. The lowest BCUT2D eigenvalue weighted by molar-refractivity contribution is 0.342. The summed E-state index contributed by atoms with van der Waals surface area (Å²) in [5, 5.41) is -1.84. The summed E-state index contributed by atoms with van der Waals surface area (Å²) in [6.45, 7) is 5.31. The Hall–Kier alpha value is 0.730. The van der Waals surface area contributed by atoms with Crippen LogP contribution in [0.25, 0.3) is 0 Å². The van der Waals surface area contributed by atoms with E-state index in [9.17, 15) is 9.13 Å². The Balaban J connectivity index is 4.98. The average molecular weight is 265 g/mol. The smallest absolute Gasteiger partial charge is 0.324 e. The first-order valence-corrected chi connectivity index (χ1v) is 10.4. The van der Waals surface area contributed by atoms with Crippen LogP contribution in [0.15, 0.2) is 0 Å². The van der Waals surface area contributed by atoms with E-state index in [0.29, 0.717) is 0 Å². The van der Waals surface area contributed by atoms with Crippen LogP contribution in [0.1, 0.15) is 0 Å². The summed E-state index contributed by atoms with van der Waals surface area (Å²) in [6, 6.07) is 0.